The summed E-state index contributed by atoms with van der Waals surface area (Å²) in [6.07, 6.45) is -0.444. The lowest BCUT2D eigenvalue weighted by atomic mass is 10.0. The van der Waals surface area contributed by atoms with E-state index in [-0.39, 0.29) is 5.75 Å². The van der Waals surface area contributed by atoms with Crippen molar-refractivity contribution >= 4 is 0 Å². The minimum absolute atomic E-state index is 0.195. The Hall–Kier alpha value is -2.07. The van der Waals surface area contributed by atoms with Crippen LogP contribution in [0.4, 0.5) is 4.39 Å². The number of hydrogen-bond acceptors (Lipinski definition) is 3. The van der Waals surface area contributed by atoms with E-state index in [1.165, 1.54) is 13.2 Å². The molecule has 0 fully saturated rings. The molecule has 0 aliphatic rings. The number of halogens is 1. The van der Waals surface area contributed by atoms with Gasteiger partial charge in [0, 0.05) is 12.0 Å². The highest BCUT2D eigenvalue weighted by atomic mass is 19.1. The van der Waals surface area contributed by atoms with Gasteiger partial charge in [0.05, 0.1) is 20.3 Å². The van der Waals surface area contributed by atoms with Crippen LogP contribution >= 0.6 is 0 Å². The smallest absolute Gasteiger partial charge is 0.165 e. The van der Waals surface area contributed by atoms with Crippen molar-refractivity contribution in [3.05, 3.63) is 59.4 Å². The first-order chi connectivity index (χ1) is 9.65. The van der Waals surface area contributed by atoms with E-state index in [1.54, 1.807) is 31.4 Å². The Morgan fingerprint density at radius 3 is 2.40 bits per heavy atom. The zero-order valence-corrected chi connectivity index (χ0v) is 11.5. The van der Waals surface area contributed by atoms with Crippen molar-refractivity contribution in [2.24, 2.45) is 0 Å². The van der Waals surface area contributed by atoms with Gasteiger partial charge in [-0.2, -0.15) is 0 Å². The maximum Gasteiger partial charge on any atom is 0.165 e. The predicted octanol–water partition coefficient (Wildman–Crippen LogP) is 3.12. The fourth-order valence-electron chi connectivity index (χ4n) is 2.11. The second kappa shape index (κ2) is 6.39. The zero-order chi connectivity index (χ0) is 14.5. The fourth-order valence-corrected chi connectivity index (χ4v) is 2.11. The molecule has 0 heterocycles. The van der Waals surface area contributed by atoms with E-state index in [0.717, 1.165) is 0 Å². The number of hydrogen-bond donors (Lipinski definition) is 1. The average Bonchev–Trinajstić information content (AvgIpc) is 2.47. The SMILES string of the molecule is COc1ccc(CC(O)c2ccccc2OC)cc1F. The molecule has 2 rings (SSSR count). The Balaban J connectivity index is 2.19. The maximum absolute atomic E-state index is 13.6. The average molecular weight is 276 g/mol. The molecule has 3 nitrogen and oxygen atoms in total. The fraction of sp³-hybridized carbons (Fsp3) is 0.250. The largest absolute Gasteiger partial charge is 0.496 e. The van der Waals surface area contributed by atoms with Crippen LogP contribution in [0, 0.1) is 5.82 Å². The number of aliphatic hydroxyl groups is 1. The summed E-state index contributed by atoms with van der Waals surface area (Å²) in [5, 5.41) is 10.3. The summed E-state index contributed by atoms with van der Waals surface area (Å²) in [7, 11) is 2.97. The van der Waals surface area contributed by atoms with Crippen molar-refractivity contribution in [3.8, 4) is 11.5 Å². The molecule has 106 valence electrons. The molecule has 2 aromatic carbocycles. The van der Waals surface area contributed by atoms with Gasteiger partial charge in [-0.1, -0.05) is 24.3 Å². The molecular weight excluding hydrogens is 259 g/mol. The number of aliphatic hydroxyl groups excluding tert-OH is 1. The van der Waals surface area contributed by atoms with Crippen LogP contribution in [-0.2, 0) is 6.42 Å². The second-order valence-corrected chi connectivity index (χ2v) is 4.43. The van der Waals surface area contributed by atoms with Crippen molar-refractivity contribution in [2.45, 2.75) is 12.5 Å². The highest BCUT2D eigenvalue weighted by Gasteiger charge is 2.14. The Morgan fingerprint density at radius 2 is 1.75 bits per heavy atom. The van der Waals surface area contributed by atoms with Gasteiger partial charge in [-0.05, 0) is 23.8 Å². The first kappa shape index (κ1) is 14.3. The molecule has 1 atom stereocenters. The van der Waals surface area contributed by atoms with E-state index in [2.05, 4.69) is 0 Å². The van der Waals surface area contributed by atoms with Gasteiger partial charge >= 0.3 is 0 Å². The molecule has 0 aliphatic heterocycles. The van der Waals surface area contributed by atoms with Crippen molar-refractivity contribution < 1.29 is 19.0 Å². The molecule has 0 amide bonds. The molecule has 2 aromatic rings. The molecule has 4 heteroatoms. The molecule has 0 aromatic heterocycles. The maximum atomic E-state index is 13.6. The van der Waals surface area contributed by atoms with Gasteiger partial charge in [0.15, 0.2) is 11.6 Å². The number of ether oxygens (including phenoxy) is 2. The highest BCUT2D eigenvalue weighted by molar-refractivity contribution is 5.37. The molecule has 0 spiro atoms. The lowest BCUT2D eigenvalue weighted by Crippen LogP contribution is -2.04. The summed E-state index contributed by atoms with van der Waals surface area (Å²) >= 11 is 0. The molecule has 0 bridgehead atoms. The van der Waals surface area contributed by atoms with Gasteiger partial charge in [0.1, 0.15) is 5.75 Å². The Bertz CT molecular complexity index is 584. The summed E-state index contributed by atoms with van der Waals surface area (Å²) in [6.45, 7) is 0. The van der Waals surface area contributed by atoms with Crippen LogP contribution in [0.3, 0.4) is 0 Å². The lowest BCUT2D eigenvalue weighted by Gasteiger charge is -2.15. The first-order valence-corrected chi connectivity index (χ1v) is 6.29. The van der Waals surface area contributed by atoms with E-state index in [9.17, 15) is 9.50 Å². The van der Waals surface area contributed by atoms with Crippen LogP contribution in [-0.4, -0.2) is 19.3 Å². The van der Waals surface area contributed by atoms with Crippen molar-refractivity contribution in [1.29, 1.82) is 0 Å². The van der Waals surface area contributed by atoms with Gasteiger partial charge in [-0.25, -0.2) is 4.39 Å². The molecule has 0 saturated heterocycles. The monoisotopic (exact) mass is 276 g/mol. The third-order valence-corrected chi connectivity index (χ3v) is 3.14. The molecule has 1 N–H and O–H groups in total. The number of methoxy groups -OCH3 is 2. The summed E-state index contributed by atoms with van der Waals surface area (Å²) in [5.74, 6) is 0.381. The predicted molar refractivity (Wildman–Crippen MR) is 74.6 cm³/mol. The van der Waals surface area contributed by atoms with Crippen LogP contribution in [0.1, 0.15) is 17.2 Å². The first-order valence-electron chi connectivity index (χ1n) is 6.29. The molecular formula is C16H17FO3. The minimum Gasteiger partial charge on any atom is -0.496 e. The summed E-state index contributed by atoms with van der Waals surface area (Å²) in [4.78, 5) is 0. The van der Waals surface area contributed by atoms with Crippen LogP contribution in [0.25, 0.3) is 0 Å². The van der Waals surface area contributed by atoms with E-state index >= 15 is 0 Å². The van der Waals surface area contributed by atoms with Gasteiger partial charge in [0.25, 0.3) is 0 Å². The van der Waals surface area contributed by atoms with Crippen LogP contribution < -0.4 is 9.47 Å². The Morgan fingerprint density at radius 1 is 1.05 bits per heavy atom. The van der Waals surface area contributed by atoms with Crippen LogP contribution in [0.15, 0.2) is 42.5 Å². The van der Waals surface area contributed by atoms with Crippen molar-refractivity contribution in [2.75, 3.05) is 14.2 Å². The third kappa shape index (κ3) is 3.08. The summed E-state index contributed by atoms with van der Waals surface area (Å²) < 4.78 is 23.7. The molecule has 20 heavy (non-hydrogen) atoms. The van der Waals surface area contributed by atoms with Gasteiger partial charge in [-0.15, -0.1) is 0 Å². The summed E-state index contributed by atoms with van der Waals surface area (Å²) in [6, 6.07) is 11.9. The van der Waals surface area contributed by atoms with Crippen molar-refractivity contribution in [1.82, 2.24) is 0 Å². The van der Waals surface area contributed by atoms with E-state index < -0.39 is 11.9 Å². The topological polar surface area (TPSA) is 38.7 Å². The van der Waals surface area contributed by atoms with Gasteiger partial charge in [0.2, 0.25) is 0 Å². The number of benzene rings is 2. The Labute approximate surface area is 117 Å². The normalized spacial score (nSPS) is 12.0. The highest BCUT2D eigenvalue weighted by Crippen LogP contribution is 2.28. The van der Waals surface area contributed by atoms with Gasteiger partial charge in [-0.3, -0.25) is 0 Å². The standard InChI is InChI=1S/C16H17FO3/c1-19-15-6-4-3-5-12(15)14(18)10-11-7-8-16(20-2)13(17)9-11/h3-9,14,18H,10H2,1-2H3. The molecule has 0 aliphatic carbocycles. The quantitative estimate of drug-likeness (QED) is 0.912. The number of para-hydroxylation sites is 1. The van der Waals surface area contributed by atoms with E-state index in [1.807, 2.05) is 12.1 Å². The Kier molecular flexibility index (Phi) is 4.58. The van der Waals surface area contributed by atoms with Crippen LogP contribution in [0.2, 0.25) is 0 Å². The van der Waals surface area contributed by atoms with E-state index in [4.69, 9.17) is 9.47 Å². The number of rotatable bonds is 5. The summed E-state index contributed by atoms with van der Waals surface area (Å²) in [5.41, 5.74) is 1.38. The molecule has 1 unspecified atom stereocenters. The zero-order valence-electron chi connectivity index (χ0n) is 11.5. The van der Waals surface area contributed by atoms with Gasteiger partial charge < -0.3 is 14.6 Å². The third-order valence-electron chi connectivity index (χ3n) is 3.14. The molecule has 0 radical (unpaired) electrons. The molecule has 0 saturated carbocycles. The lowest BCUT2D eigenvalue weighted by molar-refractivity contribution is 0.174. The van der Waals surface area contributed by atoms with E-state index in [0.29, 0.717) is 23.3 Å². The second-order valence-electron chi connectivity index (χ2n) is 4.43. The van der Waals surface area contributed by atoms with Crippen LogP contribution in [0.5, 0.6) is 11.5 Å². The van der Waals surface area contributed by atoms with Crippen molar-refractivity contribution in [3.63, 3.8) is 0 Å². The minimum atomic E-state index is -0.751.